The zero-order valence-electron chi connectivity index (χ0n) is 12.8. The molecular weight excluding hydrogens is 290 g/mol. The predicted molar refractivity (Wildman–Crippen MR) is 87.9 cm³/mol. The normalized spacial score (nSPS) is 10.5. The molecule has 3 rings (SSSR count). The number of aryl methyl sites for hydroxylation is 2. The lowest BCUT2D eigenvalue weighted by Gasteiger charge is -2.05. The molecule has 0 saturated carbocycles. The maximum Gasteiger partial charge on any atom is 0.226 e. The summed E-state index contributed by atoms with van der Waals surface area (Å²) in [5.41, 5.74) is 1.76. The average molecular weight is 307 g/mol. The number of benzene rings is 1. The zero-order valence-corrected chi connectivity index (χ0v) is 12.8. The zero-order chi connectivity index (χ0) is 16.1. The van der Waals surface area contributed by atoms with E-state index in [-0.39, 0.29) is 5.91 Å². The van der Waals surface area contributed by atoms with Gasteiger partial charge in [0, 0.05) is 18.4 Å². The molecule has 0 aliphatic heterocycles. The number of hydrogen-bond acceptors (Lipinski definition) is 4. The van der Waals surface area contributed by atoms with Crippen LogP contribution < -0.4 is 5.32 Å². The van der Waals surface area contributed by atoms with Gasteiger partial charge in [-0.05, 0) is 19.1 Å². The lowest BCUT2D eigenvalue weighted by molar-refractivity contribution is -0.116. The molecule has 1 amide bonds. The summed E-state index contributed by atoms with van der Waals surface area (Å²) in [6.07, 6.45) is 4.13. The minimum Gasteiger partial charge on any atom is -0.466 e. The smallest absolute Gasteiger partial charge is 0.226 e. The van der Waals surface area contributed by atoms with Gasteiger partial charge < -0.3 is 9.73 Å². The maximum atomic E-state index is 11.9. The lowest BCUT2D eigenvalue weighted by atomic mass is 10.2. The number of carbonyl (C=O) groups excluding carboxylic acids is 1. The van der Waals surface area contributed by atoms with Gasteiger partial charge in [-0.3, -0.25) is 9.78 Å². The highest BCUT2D eigenvalue weighted by molar-refractivity contribution is 5.89. The minimum atomic E-state index is -0.110. The van der Waals surface area contributed by atoms with Gasteiger partial charge in [0.2, 0.25) is 5.91 Å². The highest BCUT2D eigenvalue weighted by Crippen LogP contribution is 2.16. The number of carbonyl (C=O) groups is 1. The van der Waals surface area contributed by atoms with Crippen LogP contribution in [0.4, 0.5) is 5.82 Å². The first-order valence-corrected chi connectivity index (χ1v) is 7.43. The SMILES string of the molecule is Cc1ccc(CCC(=O)Nc2cnc(-c3ccccc3)cn2)o1. The molecule has 2 heterocycles. The summed E-state index contributed by atoms with van der Waals surface area (Å²) in [4.78, 5) is 20.5. The van der Waals surface area contributed by atoms with Gasteiger partial charge in [-0.1, -0.05) is 30.3 Å². The van der Waals surface area contributed by atoms with Gasteiger partial charge in [0.05, 0.1) is 18.1 Å². The molecule has 23 heavy (non-hydrogen) atoms. The Morgan fingerprint density at radius 1 is 1.09 bits per heavy atom. The summed E-state index contributed by atoms with van der Waals surface area (Å²) in [6.45, 7) is 1.88. The van der Waals surface area contributed by atoms with Crippen molar-refractivity contribution in [3.63, 3.8) is 0 Å². The molecule has 0 aliphatic carbocycles. The Labute approximate surface area is 134 Å². The molecule has 0 saturated heterocycles. The molecule has 1 N–H and O–H groups in total. The van der Waals surface area contributed by atoms with E-state index >= 15 is 0 Å². The first kappa shape index (κ1) is 15.0. The van der Waals surface area contributed by atoms with E-state index < -0.39 is 0 Å². The number of aromatic nitrogens is 2. The molecule has 0 fully saturated rings. The second-order valence-corrected chi connectivity index (χ2v) is 5.21. The van der Waals surface area contributed by atoms with Crippen LogP contribution in [-0.2, 0) is 11.2 Å². The molecule has 2 aromatic heterocycles. The number of nitrogens with zero attached hydrogens (tertiary/aromatic N) is 2. The first-order valence-electron chi connectivity index (χ1n) is 7.43. The van der Waals surface area contributed by atoms with Crippen molar-refractivity contribution in [1.29, 1.82) is 0 Å². The fraction of sp³-hybridized carbons (Fsp3) is 0.167. The standard InChI is InChI=1S/C18H17N3O2/c1-13-7-8-15(23-13)9-10-18(22)21-17-12-19-16(11-20-17)14-5-3-2-4-6-14/h2-8,11-12H,9-10H2,1H3,(H,20,21,22). The van der Waals surface area contributed by atoms with Crippen LogP contribution >= 0.6 is 0 Å². The van der Waals surface area contributed by atoms with Crippen molar-refractivity contribution in [2.45, 2.75) is 19.8 Å². The van der Waals surface area contributed by atoms with Crippen molar-refractivity contribution in [3.05, 3.63) is 66.4 Å². The summed E-state index contributed by atoms with van der Waals surface area (Å²) in [6, 6.07) is 13.6. The molecule has 5 heteroatoms. The van der Waals surface area contributed by atoms with Gasteiger partial charge in [0.1, 0.15) is 11.5 Å². The monoisotopic (exact) mass is 307 g/mol. The Balaban J connectivity index is 1.56. The Bertz CT molecular complexity index is 780. The van der Waals surface area contributed by atoms with Crippen molar-refractivity contribution >= 4 is 11.7 Å². The van der Waals surface area contributed by atoms with E-state index in [0.717, 1.165) is 22.8 Å². The van der Waals surface area contributed by atoms with Crippen LogP contribution in [0.2, 0.25) is 0 Å². The Kier molecular flexibility index (Phi) is 4.47. The second-order valence-electron chi connectivity index (χ2n) is 5.21. The largest absolute Gasteiger partial charge is 0.466 e. The number of furan rings is 1. The van der Waals surface area contributed by atoms with Gasteiger partial charge in [-0.15, -0.1) is 0 Å². The molecule has 3 aromatic rings. The third-order valence-corrected chi connectivity index (χ3v) is 3.38. The third-order valence-electron chi connectivity index (χ3n) is 3.38. The Hall–Kier alpha value is -2.95. The van der Waals surface area contributed by atoms with Gasteiger partial charge in [0.15, 0.2) is 5.82 Å². The van der Waals surface area contributed by atoms with Gasteiger partial charge >= 0.3 is 0 Å². The highest BCUT2D eigenvalue weighted by Gasteiger charge is 2.07. The molecule has 5 nitrogen and oxygen atoms in total. The van der Waals surface area contributed by atoms with Crippen molar-refractivity contribution < 1.29 is 9.21 Å². The van der Waals surface area contributed by atoms with Crippen molar-refractivity contribution in [2.24, 2.45) is 0 Å². The predicted octanol–water partition coefficient (Wildman–Crippen LogP) is 3.62. The molecular formula is C18H17N3O2. The van der Waals surface area contributed by atoms with Crippen LogP contribution in [0.5, 0.6) is 0 Å². The molecule has 1 aromatic carbocycles. The van der Waals surface area contributed by atoms with Gasteiger partial charge in [-0.2, -0.15) is 0 Å². The summed E-state index contributed by atoms with van der Waals surface area (Å²) in [5.74, 6) is 2.00. The number of rotatable bonds is 5. The Morgan fingerprint density at radius 3 is 2.57 bits per heavy atom. The molecule has 116 valence electrons. The summed E-state index contributed by atoms with van der Waals surface area (Å²) in [5, 5.41) is 2.74. The fourth-order valence-corrected chi connectivity index (χ4v) is 2.21. The first-order chi connectivity index (χ1) is 11.2. The average Bonchev–Trinajstić information content (AvgIpc) is 3.00. The van der Waals surface area contributed by atoms with Crippen molar-refractivity contribution in [2.75, 3.05) is 5.32 Å². The van der Waals surface area contributed by atoms with E-state index in [0.29, 0.717) is 18.7 Å². The highest BCUT2D eigenvalue weighted by atomic mass is 16.3. The summed E-state index contributed by atoms with van der Waals surface area (Å²) in [7, 11) is 0. The van der Waals surface area contributed by atoms with E-state index in [9.17, 15) is 4.79 Å². The molecule has 0 spiro atoms. The number of hydrogen-bond donors (Lipinski definition) is 1. The van der Waals surface area contributed by atoms with E-state index in [1.165, 1.54) is 0 Å². The molecule has 0 unspecified atom stereocenters. The summed E-state index contributed by atoms with van der Waals surface area (Å²) >= 11 is 0. The van der Waals surface area contributed by atoms with E-state index in [1.807, 2.05) is 49.4 Å². The van der Waals surface area contributed by atoms with Crippen LogP contribution in [0, 0.1) is 6.92 Å². The molecule has 0 bridgehead atoms. The summed E-state index contributed by atoms with van der Waals surface area (Å²) < 4.78 is 5.44. The van der Waals surface area contributed by atoms with Crippen LogP contribution in [0.15, 0.2) is 59.3 Å². The van der Waals surface area contributed by atoms with E-state index in [1.54, 1.807) is 12.4 Å². The van der Waals surface area contributed by atoms with Crippen LogP contribution in [0.25, 0.3) is 11.3 Å². The molecule has 0 atom stereocenters. The van der Waals surface area contributed by atoms with E-state index in [4.69, 9.17) is 4.42 Å². The van der Waals surface area contributed by atoms with Crippen molar-refractivity contribution in [1.82, 2.24) is 9.97 Å². The van der Waals surface area contributed by atoms with Crippen LogP contribution in [0.1, 0.15) is 17.9 Å². The van der Waals surface area contributed by atoms with Crippen molar-refractivity contribution in [3.8, 4) is 11.3 Å². The second kappa shape index (κ2) is 6.87. The van der Waals surface area contributed by atoms with Gasteiger partial charge in [-0.25, -0.2) is 4.98 Å². The maximum absolute atomic E-state index is 11.9. The Morgan fingerprint density at radius 2 is 1.91 bits per heavy atom. The number of amides is 1. The third kappa shape index (κ3) is 4.03. The fourth-order valence-electron chi connectivity index (χ4n) is 2.21. The van der Waals surface area contributed by atoms with Crippen LogP contribution in [-0.4, -0.2) is 15.9 Å². The van der Waals surface area contributed by atoms with E-state index in [2.05, 4.69) is 15.3 Å². The molecule has 0 aliphatic rings. The quantitative estimate of drug-likeness (QED) is 0.781. The van der Waals surface area contributed by atoms with Crippen LogP contribution in [0.3, 0.4) is 0 Å². The topological polar surface area (TPSA) is 68.0 Å². The van der Waals surface area contributed by atoms with Gasteiger partial charge in [0.25, 0.3) is 0 Å². The number of nitrogens with one attached hydrogen (secondary N) is 1. The number of anilines is 1. The lowest BCUT2D eigenvalue weighted by Crippen LogP contribution is -2.13. The molecule has 0 radical (unpaired) electrons. The minimum absolute atomic E-state index is 0.110.